The average Bonchev–Trinajstić information content (AvgIpc) is 2.31. The van der Waals surface area contributed by atoms with Crippen molar-refractivity contribution in [2.75, 3.05) is 7.05 Å². The van der Waals surface area contributed by atoms with E-state index in [4.69, 9.17) is 0 Å². The first-order chi connectivity index (χ1) is 7.79. The summed E-state index contributed by atoms with van der Waals surface area (Å²) < 4.78 is 0. The van der Waals surface area contributed by atoms with Gasteiger partial charge in [-0.3, -0.25) is 0 Å². The van der Waals surface area contributed by atoms with Gasteiger partial charge in [0.2, 0.25) is 0 Å². The highest BCUT2D eigenvalue weighted by molar-refractivity contribution is 7.99. The molecule has 1 aliphatic carbocycles. The van der Waals surface area contributed by atoms with Crippen molar-refractivity contribution < 1.29 is 0 Å². The summed E-state index contributed by atoms with van der Waals surface area (Å²) in [5.74, 6) is 0.825. The quantitative estimate of drug-likeness (QED) is 0.819. The van der Waals surface area contributed by atoms with Crippen LogP contribution in [0.5, 0.6) is 0 Å². The maximum absolute atomic E-state index is 4.29. The molecule has 1 aliphatic rings. The Hall–Kier alpha value is -0.610. The topological polar surface area (TPSA) is 37.8 Å². The Labute approximate surface area is 101 Å². The van der Waals surface area contributed by atoms with Crippen LogP contribution in [-0.2, 0) is 0 Å². The zero-order chi connectivity index (χ0) is 11.4. The van der Waals surface area contributed by atoms with Gasteiger partial charge >= 0.3 is 0 Å². The lowest BCUT2D eigenvalue weighted by atomic mass is 9.87. The lowest BCUT2D eigenvalue weighted by molar-refractivity contribution is 0.329. The Morgan fingerprint density at radius 2 is 2.06 bits per heavy atom. The van der Waals surface area contributed by atoms with Crippen LogP contribution in [0.1, 0.15) is 26.2 Å². The van der Waals surface area contributed by atoms with E-state index >= 15 is 0 Å². The van der Waals surface area contributed by atoms with E-state index in [9.17, 15) is 0 Å². The summed E-state index contributed by atoms with van der Waals surface area (Å²) in [5.41, 5.74) is 0. The van der Waals surface area contributed by atoms with Crippen LogP contribution < -0.4 is 5.32 Å². The maximum Gasteiger partial charge on any atom is 0.187 e. The molecule has 88 valence electrons. The fourth-order valence-corrected chi connectivity index (χ4v) is 3.65. The van der Waals surface area contributed by atoms with E-state index in [1.165, 1.54) is 19.3 Å². The summed E-state index contributed by atoms with van der Waals surface area (Å²) in [6, 6.07) is 2.47. The van der Waals surface area contributed by atoms with Crippen LogP contribution >= 0.6 is 11.8 Å². The summed E-state index contributed by atoms with van der Waals surface area (Å²) in [5, 5.41) is 4.93. The molecule has 0 aromatic carbocycles. The summed E-state index contributed by atoms with van der Waals surface area (Å²) >= 11 is 1.82. The molecule has 0 amide bonds. The van der Waals surface area contributed by atoms with Crippen molar-refractivity contribution >= 4 is 11.8 Å². The molecule has 1 heterocycles. The third kappa shape index (κ3) is 2.95. The number of thioether (sulfide) groups is 1. The highest BCUT2D eigenvalue weighted by Crippen LogP contribution is 2.34. The Bertz CT molecular complexity index is 317. The van der Waals surface area contributed by atoms with Crippen LogP contribution in [0, 0.1) is 5.92 Å². The van der Waals surface area contributed by atoms with E-state index < -0.39 is 0 Å². The molecule has 4 heteroatoms. The third-order valence-electron chi connectivity index (χ3n) is 3.22. The fourth-order valence-electron chi connectivity index (χ4n) is 2.27. The zero-order valence-corrected chi connectivity index (χ0v) is 10.7. The standard InChI is InChI=1S/C12H19N3S/c1-9-4-5-10(13-2)11(8-9)16-12-14-6-3-7-15-12/h3,6-7,9-11,13H,4-5,8H2,1-2H3. The highest BCUT2D eigenvalue weighted by Gasteiger charge is 2.28. The summed E-state index contributed by atoms with van der Waals surface area (Å²) in [4.78, 5) is 8.58. The van der Waals surface area contributed by atoms with Crippen molar-refractivity contribution in [1.29, 1.82) is 0 Å². The van der Waals surface area contributed by atoms with E-state index in [-0.39, 0.29) is 0 Å². The molecular formula is C12H19N3S. The predicted molar refractivity (Wildman–Crippen MR) is 67.5 cm³/mol. The monoisotopic (exact) mass is 237 g/mol. The molecule has 0 spiro atoms. The molecule has 16 heavy (non-hydrogen) atoms. The van der Waals surface area contributed by atoms with Gasteiger partial charge in [0.1, 0.15) is 0 Å². The molecule has 1 saturated carbocycles. The fraction of sp³-hybridized carbons (Fsp3) is 0.667. The molecule has 0 saturated heterocycles. The largest absolute Gasteiger partial charge is 0.316 e. The van der Waals surface area contributed by atoms with Crippen molar-refractivity contribution in [3.05, 3.63) is 18.5 Å². The van der Waals surface area contributed by atoms with Crippen molar-refractivity contribution in [1.82, 2.24) is 15.3 Å². The number of rotatable bonds is 3. The SMILES string of the molecule is CNC1CCC(C)CC1Sc1ncccn1. The Kier molecular flexibility index (Phi) is 4.18. The van der Waals surface area contributed by atoms with Crippen molar-refractivity contribution in [3.8, 4) is 0 Å². The second-order valence-corrected chi connectivity index (χ2v) is 5.71. The molecule has 0 radical (unpaired) electrons. The van der Waals surface area contributed by atoms with Crippen LogP contribution in [0.25, 0.3) is 0 Å². The number of nitrogens with one attached hydrogen (secondary N) is 1. The zero-order valence-electron chi connectivity index (χ0n) is 9.89. The number of hydrogen-bond donors (Lipinski definition) is 1. The Morgan fingerprint density at radius 1 is 1.31 bits per heavy atom. The second kappa shape index (κ2) is 5.64. The molecule has 1 aromatic rings. The predicted octanol–water partition coefficient (Wildman–Crippen LogP) is 2.35. The minimum atomic E-state index is 0.602. The van der Waals surface area contributed by atoms with Gasteiger partial charge in [-0.25, -0.2) is 9.97 Å². The molecule has 3 atom stereocenters. The number of aromatic nitrogens is 2. The van der Waals surface area contributed by atoms with Crippen LogP contribution in [0.4, 0.5) is 0 Å². The molecule has 3 unspecified atom stereocenters. The van der Waals surface area contributed by atoms with Gasteiger partial charge in [0.05, 0.1) is 0 Å². The molecule has 1 fully saturated rings. The van der Waals surface area contributed by atoms with Gasteiger partial charge in [-0.15, -0.1) is 0 Å². The van der Waals surface area contributed by atoms with Crippen molar-refractivity contribution in [2.24, 2.45) is 5.92 Å². The maximum atomic E-state index is 4.29. The first-order valence-corrected chi connectivity index (χ1v) is 6.78. The molecule has 2 rings (SSSR count). The Balaban J connectivity index is 2.01. The van der Waals surface area contributed by atoms with E-state index in [0.717, 1.165) is 11.1 Å². The summed E-state index contributed by atoms with van der Waals surface area (Å²) in [6.07, 6.45) is 7.49. The van der Waals surface area contributed by atoms with Crippen molar-refractivity contribution in [3.63, 3.8) is 0 Å². The smallest absolute Gasteiger partial charge is 0.187 e. The van der Waals surface area contributed by atoms with Crippen LogP contribution in [0.3, 0.4) is 0 Å². The van der Waals surface area contributed by atoms with Gasteiger partial charge in [-0.2, -0.15) is 0 Å². The van der Waals surface area contributed by atoms with Gasteiger partial charge in [0, 0.05) is 23.7 Å². The van der Waals surface area contributed by atoms with Gasteiger partial charge < -0.3 is 5.32 Å². The van der Waals surface area contributed by atoms with Crippen LogP contribution in [0.15, 0.2) is 23.6 Å². The molecule has 1 aromatic heterocycles. The van der Waals surface area contributed by atoms with Gasteiger partial charge in [-0.1, -0.05) is 18.7 Å². The van der Waals surface area contributed by atoms with E-state index in [2.05, 4.69) is 29.3 Å². The lowest BCUT2D eigenvalue weighted by Gasteiger charge is -2.33. The van der Waals surface area contributed by atoms with E-state index in [0.29, 0.717) is 11.3 Å². The normalized spacial score (nSPS) is 30.2. The lowest BCUT2D eigenvalue weighted by Crippen LogP contribution is -2.40. The van der Waals surface area contributed by atoms with E-state index in [1.54, 1.807) is 0 Å². The minimum Gasteiger partial charge on any atom is -0.316 e. The number of nitrogens with zero attached hydrogens (tertiary/aromatic N) is 2. The van der Waals surface area contributed by atoms with Crippen molar-refractivity contribution in [2.45, 2.75) is 42.6 Å². The first-order valence-electron chi connectivity index (χ1n) is 5.90. The van der Waals surface area contributed by atoms with Crippen LogP contribution in [-0.4, -0.2) is 28.3 Å². The summed E-state index contributed by atoms with van der Waals surface area (Å²) in [6.45, 7) is 2.34. The Morgan fingerprint density at radius 3 is 2.75 bits per heavy atom. The molecular weight excluding hydrogens is 218 g/mol. The minimum absolute atomic E-state index is 0.602. The van der Waals surface area contributed by atoms with Crippen LogP contribution in [0.2, 0.25) is 0 Å². The molecule has 0 aliphatic heterocycles. The van der Waals surface area contributed by atoms with E-state index in [1.807, 2.05) is 30.2 Å². The summed E-state index contributed by atoms with van der Waals surface area (Å²) in [7, 11) is 2.06. The third-order valence-corrected chi connectivity index (χ3v) is 4.47. The average molecular weight is 237 g/mol. The van der Waals surface area contributed by atoms with Gasteiger partial charge in [0.15, 0.2) is 5.16 Å². The number of hydrogen-bond acceptors (Lipinski definition) is 4. The first kappa shape index (κ1) is 11.9. The highest BCUT2D eigenvalue weighted by atomic mass is 32.2. The molecule has 1 N–H and O–H groups in total. The van der Waals surface area contributed by atoms with Gasteiger partial charge in [-0.05, 0) is 38.3 Å². The second-order valence-electron chi connectivity index (χ2n) is 4.50. The molecule has 0 bridgehead atoms. The van der Waals surface area contributed by atoms with Gasteiger partial charge in [0.25, 0.3) is 0 Å². The molecule has 3 nitrogen and oxygen atoms in total.